The molecule has 0 bridgehead atoms. The SMILES string of the molecule is NCc1ccc(C(C(F)F)C2CCC2)cc1. The first-order valence-corrected chi connectivity index (χ1v) is 5.79. The normalized spacial score (nSPS) is 18.5. The summed E-state index contributed by atoms with van der Waals surface area (Å²) in [5.41, 5.74) is 7.24. The van der Waals surface area contributed by atoms with Crippen LogP contribution in [0.25, 0.3) is 0 Å². The Labute approximate surface area is 94.7 Å². The molecule has 0 aliphatic heterocycles. The first-order valence-electron chi connectivity index (χ1n) is 5.79. The Bertz CT molecular complexity index is 330. The maximum Gasteiger partial charge on any atom is 0.245 e. The van der Waals surface area contributed by atoms with Crippen molar-refractivity contribution < 1.29 is 8.78 Å². The van der Waals surface area contributed by atoms with E-state index < -0.39 is 12.3 Å². The highest BCUT2D eigenvalue weighted by Crippen LogP contribution is 2.42. The molecule has 1 aromatic carbocycles. The van der Waals surface area contributed by atoms with Crippen LogP contribution in [-0.4, -0.2) is 6.43 Å². The molecule has 1 nitrogen and oxygen atoms in total. The van der Waals surface area contributed by atoms with Gasteiger partial charge in [-0.2, -0.15) is 0 Å². The predicted octanol–water partition coefficient (Wildman–Crippen LogP) is 3.29. The van der Waals surface area contributed by atoms with Crippen molar-refractivity contribution in [3.8, 4) is 0 Å². The Hall–Kier alpha value is -0.960. The molecule has 3 heteroatoms. The fourth-order valence-electron chi connectivity index (χ4n) is 2.30. The molecule has 0 amide bonds. The van der Waals surface area contributed by atoms with Crippen LogP contribution in [0.1, 0.15) is 36.3 Å². The van der Waals surface area contributed by atoms with Crippen molar-refractivity contribution >= 4 is 0 Å². The molecule has 0 heterocycles. The van der Waals surface area contributed by atoms with Crippen LogP contribution in [0.3, 0.4) is 0 Å². The molecule has 2 N–H and O–H groups in total. The van der Waals surface area contributed by atoms with Crippen LogP contribution in [-0.2, 0) is 6.54 Å². The minimum absolute atomic E-state index is 0.170. The second kappa shape index (κ2) is 4.91. The lowest BCUT2D eigenvalue weighted by Crippen LogP contribution is -2.25. The van der Waals surface area contributed by atoms with Gasteiger partial charge in [-0.25, -0.2) is 8.78 Å². The molecule has 0 aromatic heterocycles. The zero-order valence-corrected chi connectivity index (χ0v) is 9.20. The minimum atomic E-state index is -2.26. The zero-order chi connectivity index (χ0) is 11.5. The van der Waals surface area contributed by atoms with Crippen molar-refractivity contribution in [2.75, 3.05) is 0 Å². The number of hydrogen-bond acceptors (Lipinski definition) is 1. The molecule has 1 aromatic rings. The highest BCUT2D eigenvalue weighted by molar-refractivity contribution is 5.26. The van der Waals surface area contributed by atoms with Crippen molar-refractivity contribution in [1.29, 1.82) is 0 Å². The average Bonchev–Trinajstić information content (AvgIpc) is 2.23. The number of rotatable bonds is 4. The Morgan fingerprint density at radius 3 is 2.19 bits per heavy atom. The van der Waals surface area contributed by atoms with E-state index in [1.54, 1.807) is 12.1 Å². The molecule has 2 rings (SSSR count). The van der Waals surface area contributed by atoms with Gasteiger partial charge in [0, 0.05) is 12.5 Å². The van der Waals surface area contributed by atoms with Crippen molar-refractivity contribution in [3.05, 3.63) is 35.4 Å². The second-order valence-corrected chi connectivity index (χ2v) is 4.50. The third-order valence-corrected chi connectivity index (χ3v) is 3.53. The predicted molar refractivity (Wildman–Crippen MR) is 60.4 cm³/mol. The molecular weight excluding hydrogens is 208 g/mol. The Morgan fingerprint density at radius 1 is 1.19 bits per heavy atom. The van der Waals surface area contributed by atoms with Crippen molar-refractivity contribution in [2.24, 2.45) is 11.7 Å². The number of alkyl halides is 2. The van der Waals surface area contributed by atoms with E-state index in [0.717, 1.165) is 30.4 Å². The average molecular weight is 225 g/mol. The summed E-state index contributed by atoms with van der Waals surface area (Å²) < 4.78 is 26.0. The molecule has 1 fully saturated rings. The molecule has 1 saturated carbocycles. The molecule has 1 aliphatic carbocycles. The standard InChI is InChI=1S/C13H17F2N/c14-13(15)12(10-2-1-3-10)11-6-4-9(8-16)5-7-11/h4-7,10,12-13H,1-3,8,16H2. The van der Waals surface area contributed by atoms with Crippen LogP contribution < -0.4 is 5.73 Å². The van der Waals surface area contributed by atoms with E-state index >= 15 is 0 Å². The first-order chi connectivity index (χ1) is 7.72. The monoisotopic (exact) mass is 225 g/mol. The largest absolute Gasteiger partial charge is 0.326 e. The molecule has 88 valence electrons. The summed E-state index contributed by atoms with van der Waals surface area (Å²) in [6, 6.07) is 7.31. The number of halogens is 2. The fourth-order valence-corrected chi connectivity index (χ4v) is 2.30. The van der Waals surface area contributed by atoms with Gasteiger partial charge in [0.05, 0.1) is 0 Å². The molecule has 0 spiro atoms. The maximum absolute atomic E-state index is 13.0. The molecule has 1 atom stereocenters. The van der Waals surface area contributed by atoms with Gasteiger partial charge in [0.1, 0.15) is 0 Å². The summed E-state index contributed by atoms with van der Waals surface area (Å²) in [7, 11) is 0. The van der Waals surface area contributed by atoms with E-state index in [2.05, 4.69) is 0 Å². The van der Waals surface area contributed by atoms with Crippen LogP contribution in [0.4, 0.5) is 8.78 Å². The Kier molecular flexibility index (Phi) is 3.54. The molecular formula is C13H17F2N. The lowest BCUT2D eigenvalue weighted by Gasteiger charge is -2.33. The Morgan fingerprint density at radius 2 is 1.81 bits per heavy atom. The summed E-state index contributed by atoms with van der Waals surface area (Å²) in [6.07, 6.45) is 0.713. The zero-order valence-electron chi connectivity index (χ0n) is 9.20. The maximum atomic E-state index is 13.0. The molecule has 16 heavy (non-hydrogen) atoms. The van der Waals surface area contributed by atoms with Crippen molar-refractivity contribution in [2.45, 2.75) is 38.2 Å². The van der Waals surface area contributed by atoms with E-state index in [1.807, 2.05) is 12.1 Å². The van der Waals surface area contributed by atoms with E-state index in [1.165, 1.54) is 0 Å². The van der Waals surface area contributed by atoms with Crippen LogP contribution in [0.15, 0.2) is 24.3 Å². The fraction of sp³-hybridized carbons (Fsp3) is 0.538. The lowest BCUT2D eigenvalue weighted by atomic mass is 9.73. The summed E-state index contributed by atoms with van der Waals surface area (Å²) in [5, 5.41) is 0. The highest BCUT2D eigenvalue weighted by Gasteiger charge is 2.34. The number of benzene rings is 1. The van der Waals surface area contributed by atoms with Crippen molar-refractivity contribution in [1.82, 2.24) is 0 Å². The molecule has 0 radical (unpaired) electrons. The van der Waals surface area contributed by atoms with Gasteiger partial charge in [-0.1, -0.05) is 30.7 Å². The summed E-state index contributed by atoms with van der Waals surface area (Å²) in [4.78, 5) is 0. The number of nitrogens with two attached hydrogens (primary N) is 1. The molecule has 0 saturated heterocycles. The van der Waals surface area contributed by atoms with Gasteiger partial charge >= 0.3 is 0 Å². The topological polar surface area (TPSA) is 26.0 Å². The van der Waals surface area contributed by atoms with Gasteiger partial charge in [0.2, 0.25) is 6.43 Å². The van der Waals surface area contributed by atoms with Crippen LogP contribution in [0.2, 0.25) is 0 Å². The van der Waals surface area contributed by atoms with Crippen LogP contribution >= 0.6 is 0 Å². The molecule has 1 aliphatic rings. The Balaban J connectivity index is 2.17. The quantitative estimate of drug-likeness (QED) is 0.836. The van der Waals surface area contributed by atoms with E-state index in [9.17, 15) is 8.78 Å². The van der Waals surface area contributed by atoms with Crippen LogP contribution in [0.5, 0.6) is 0 Å². The third-order valence-electron chi connectivity index (χ3n) is 3.53. The van der Waals surface area contributed by atoms with Crippen LogP contribution in [0, 0.1) is 5.92 Å². The molecule has 1 unspecified atom stereocenters. The lowest BCUT2D eigenvalue weighted by molar-refractivity contribution is 0.0617. The van der Waals surface area contributed by atoms with Gasteiger partial charge in [0.15, 0.2) is 0 Å². The summed E-state index contributed by atoms with van der Waals surface area (Å²) in [5.74, 6) is -0.413. The summed E-state index contributed by atoms with van der Waals surface area (Å²) >= 11 is 0. The van der Waals surface area contributed by atoms with E-state index in [-0.39, 0.29) is 5.92 Å². The van der Waals surface area contributed by atoms with Gasteiger partial charge in [-0.3, -0.25) is 0 Å². The van der Waals surface area contributed by atoms with Gasteiger partial charge in [0.25, 0.3) is 0 Å². The summed E-state index contributed by atoms with van der Waals surface area (Å²) in [6.45, 7) is 0.461. The van der Waals surface area contributed by atoms with Crippen molar-refractivity contribution in [3.63, 3.8) is 0 Å². The smallest absolute Gasteiger partial charge is 0.245 e. The van der Waals surface area contributed by atoms with Gasteiger partial charge < -0.3 is 5.73 Å². The minimum Gasteiger partial charge on any atom is -0.326 e. The third kappa shape index (κ3) is 2.24. The van der Waals surface area contributed by atoms with Gasteiger partial charge in [-0.05, 0) is 29.9 Å². The van der Waals surface area contributed by atoms with E-state index in [4.69, 9.17) is 5.73 Å². The number of hydrogen-bond donors (Lipinski definition) is 1. The van der Waals surface area contributed by atoms with E-state index in [0.29, 0.717) is 6.54 Å². The van der Waals surface area contributed by atoms with Gasteiger partial charge in [-0.15, -0.1) is 0 Å². The second-order valence-electron chi connectivity index (χ2n) is 4.50. The highest BCUT2D eigenvalue weighted by atomic mass is 19.3. The first kappa shape index (κ1) is 11.5.